The average Bonchev–Trinajstić information content (AvgIpc) is 2.53. The van der Waals surface area contributed by atoms with Crippen LogP contribution in [0.5, 0.6) is 5.88 Å². The predicted octanol–water partition coefficient (Wildman–Crippen LogP) is 3.11. The molecule has 0 spiro atoms. The van der Waals surface area contributed by atoms with Gasteiger partial charge in [-0.15, -0.1) is 11.6 Å². The van der Waals surface area contributed by atoms with Crippen molar-refractivity contribution in [3.8, 4) is 17.0 Å². The van der Waals surface area contributed by atoms with Gasteiger partial charge < -0.3 is 10.1 Å². The molecule has 1 N–H and O–H groups in total. The van der Waals surface area contributed by atoms with Crippen LogP contribution in [0.15, 0.2) is 36.7 Å². The second-order valence-electron chi connectivity index (χ2n) is 4.33. The number of ether oxygens (including phenoxy) is 1. The highest BCUT2D eigenvalue weighted by Gasteiger charge is 2.10. The molecule has 0 unspecified atom stereocenters. The van der Waals surface area contributed by atoms with Gasteiger partial charge in [-0.3, -0.25) is 9.78 Å². The zero-order chi connectivity index (χ0) is 15.1. The first-order chi connectivity index (χ1) is 10.2. The maximum Gasteiger partial charge on any atom is 0.225 e. The van der Waals surface area contributed by atoms with E-state index in [0.29, 0.717) is 30.4 Å². The third-order valence-corrected chi connectivity index (χ3v) is 3.12. The second kappa shape index (κ2) is 7.59. The number of nitrogens with one attached hydrogen (secondary N) is 1. The van der Waals surface area contributed by atoms with Crippen LogP contribution >= 0.6 is 11.6 Å². The van der Waals surface area contributed by atoms with Gasteiger partial charge in [-0.25, -0.2) is 0 Å². The van der Waals surface area contributed by atoms with Crippen LogP contribution in [0.1, 0.15) is 12.8 Å². The first kappa shape index (κ1) is 15.3. The van der Waals surface area contributed by atoms with Crippen molar-refractivity contribution in [1.29, 1.82) is 0 Å². The number of aromatic nitrogens is 2. The third kappa shape index (κ3) is 4.16. The fourth-order valence-corrected chi connectivity index (χ4v) is 1.98. The summed E-state index contributed by atoms with van der Waals surface area (Å²) in [5.41, 5.74) is 1.80. The second-order valence-corrected chi connectivity index (χ2v) is 4.71. The Morgan fingerprint density at radius 2 is 2.05 bits per heavy atom. The highest BCUT2D eigenvalue weighted by atomic mass is 35.5. The molecule has 2 aromatic rings. The van der Waals surface area contributed by atoms with Gasteiger partial charge in [0.1, 0.15) is 5.82 Å². The van der Waals surface area contributed by atoms with E-state index < -0.39 is 0 Å². The molecule has 0 aliphatic carbocycles. The summed E-state index contributed by atoms with van der Waals surface area (Å²) in [7, 11) is 1.55. The van der Waals surface area contributed by atoms with E-state index in [-0.39, 0.29) is 5.91 Å². The van der Waals surface area contributed by atoms with Crippen molar-refractivity contribution < 1.29 is 9.53 Å². The average molecular weight is 306 g/mol. The molecule has 0 radical (unpaired) electrons. The van der Waals surface area contributed by atoms with Crippen molar-refractivity contribution in [3.63, 3.8) is 0 Å². The Morgan fingerprint density at radius 1 is 1.29 bits per heavy atom. The van der Waals surface area contributed by atoms with Crippen LogP contribution in [0, 0.1) is 0 Å². The molecule has 0 fully saturated rings. The predicted molar refractivity (Wildman–Crippen MR) is 82.6 cm³/mol. The molecule has 6 heteroatoms. The van der Waals surface area contributed by atoms with Crippen molar-refractivity contribution in [2.75, 3.05) is 18.3 Å². The van der Waals surface area contributed by atoms with Crippen LogP contribution in [0.2, 0.25) is 0 Å². The lowest BCUT2D eigenvalue weighted by molar-refractivity contribution is -0.116. The summed E-state index contributed by atoms with van der Waals surface area (Å²) < 4.78 is 5.30. The maximum atomic E-state index is 11.7. The van der Waals surface area contributed by atoms with Crippen molar-refractivity contribution in [2.24, 2.45) is 0 Å². The van der Waals surface area contributed by atoms with Gasteiger partial charge in [-0.05, 0) is 36.2 Å². The molecule has 0 aliphatic heterocycles. The number of nitrogens with zero attached hydrogens (tertiary/aromatic N) is 2. The minimum atomic E-state index is -0.109. The molecular formula is C15H16ClN3O2. The Labute approximate surface area is 128 Å². The number of amides is 1. The minimum Gasteiger partial charge on any atom is -0.480 e. The number of hydrogen-bond donors (Lipinski definition) is 1. The van der Waals surface area contributed by atoms with Gasteiger partial charge in [-0.1, -0.05) is 0 Å². The molecule has 2 rings (SSSR count). The van der Waals surface area contributed by atoms with Crippen molar-refractivity contribution >= 4 is 23.3 Å². The summed E-state index contributed by atoms with van der Waals surface area (Å²) >= 11 is 5.56. The Hall–Kier alpha value is -2.14. The summed E-state index contributed by atoms with van der Waals surface area (Å²) in [5, 5.41) is 2.73. The Balaban J connectivity index is 2.19. The number of alkyl halides is 1. The molecule has 5 nitrogen and oxygen atoms in total. The Morgan fingerprint density at radius 3 is 2.71 bits per heavy atom. The topological polar surface area (TPSA) is 64.1 Å². The molecule has 2 aromatic heterocycles. The first-order valence-electron chi connectivity index (χ1n) is 6.56. The Kier molecular flexibility index (Phi) is 5.51. The highest BCUT2D eigenvalue weighted by Crippen LogP contribution is 2.29. The molecule has 0 aliphatic rings. The lowest BCUT2D eigenvalue weighted by Crippen LogP contribution is -2.12. The molecule has 0 aromatic carbocycles. The normalized spacial score (nSPS) is 10.2. The van der Waals surface area contributed by atoms with Crippen LogP contribution in [0.3, 0.4) is 0 Å². The number of methoxy groups -OCH3 is 1. The third-order valence-electron chi connectivity index (χ3n) is 2.85. The summed E-state index contributed by atoms with van der Waals surface area (Å²) in [6, 6.07) is 7.35. The molecular weight excluding hydrogens is 290 g/mol. The van der Waals surface area contributed by atoms with E-state index >= 15 is 0 Å². The number of hydrogen-bond acceptors (Lipinski definition) is 4. The highest BCUT2D eigenvalue weighted by molar-refractivity contribution is 6.18. The molecule has 0 saturated heterocycles. The lowest BCUT2D eigenvalue weighted by Gasteiger charge is -2.10. The van der Waals surface area contributed by atoms with E-state index in [0.717, 1.165) is 11.1 Å². The summed E-state index contributed by atoms with van der Waals surface area (Å²) in [6.07, 6.45) is 4.42. The van der Waals surface area contributed by atoms with Crippen LogP contribution < -0.4 is 10.1 Å². The fraction of sp³-hybridized carbons (Fsp3) is 0.267. The first-order valence-corrected chi connectivity index (χ1v) is 7.09. The van der Waals surface area contributed by atoms with Gasteiger partial charge in [0.25, 0.3) is 0 Å². The van der Waals surface area contributed by atoms with E-state index in [2.05, 4.69) is 15.3 Å². The number of anilines is 1. The molecule has 110 valence electrons. The van der Waals surface area contributed by atoms with Crippen LogP contribution in [0.4, 0.5) is 5.82 Å². The van der Waals surface area contributed by atoms with E-state index in [9.17, 15) is 4.79 Å². The molecule has 21 heavy (non-hydrogen) atoms. The zero-order valence-electron chi connectivity index (χ0n) is 11.7. The molecule has 0 bridgehead atoms. The van der Waals surface area contributed by atoms with Gasteiger partial charge >= 0.3 is 0 Å². The van der Waals surface area contributed by atoms with E-state index in [1.807, 2.05) is 18.2 Å². The van der Waals surface area contributed by atoms with Crippen molar-refractivity contribution in [2.45, 2.75) is 12.8 Å². The van der Waals surface area contributed by atoms with Gasteiger partial charge in [-0.2, -0.15) is 4.98 Å². The van der Waals surface area contributed by atoms with Gasteiger partial charge in [0.2, 0.25) is 11.8 Å². The standard InChI is InChI=1S/C15H16ClN3O2/c1-21-15-12(11-6-9-17-10-7-11)4-5-13(19-15)18-14(20)3-2-8-16/h4-7,9-10H,2-3,8H2,1H3,(H,18,19,20). The largest absolute Gasteiger partial charge is 0.480 e. The number of rotatable bonds is 6. The van der Waals surface area contributed by atoms with E-state index in [1.165, 1.54) is 0 Å². The number of halogens is 1. The maximum absolute atomic E-state index is 11.7. The minimum absolute atomic E-state index is 0.109. The summed E-state index contributed by atoms with van der Waals surface area (Å²) in [4.78, 5) is 20.0. The lowest BCUT2D eigenvalue weighted by atomic mass is 10.1. The van der Waals surface area contributed by atoms with Crippen molar-refractivity contribution in [1.82, 2.24) is 9.97 Å². The Bertz CT molecular complexity index is 605. The molecule has 0 atom stereocenters. The number of pyridine rings is 2. The van der Waals surface area contributed by atoms with Crippen LogP contribution in [-0.2, 0) is 4.79 Å². The van der Waals surface area contributed by atoms with Crippen molar-refractivity contribution in [3.05, 3.63) is 36.7 Å². The van der Waals surface area contributed by atoms with Gasteiger partial charge in [0.15, 0.2) is 0 Å². The van der Waals surface area contributed by atoms with E-state index in [4.69, 9.17) is 16.3 Å². The zero-order valence-corrected chi connectivity index (χ0v) is 12.4. The quantitative estimate of drug-likeness (QED) is 0.833. The fourth-order valence-electron chi connectivity index (χ4n) is 1.85. The summed E-state index contributed by atoms with van der Waals surface area (Å²) in [5.74, 6) is 1.27. The number of carbonyl (C=O) groups excluding carboxylic acids is 1. The SMILES string of the molecule is COc1nc(NC(=O)CCCCl)ccc1-c1ccncc1. The van der Waals surface area contributed by atoms with Crippen LogP contribution in [0.25, 0.3) is 11.1 Å². The smallest absolute Gasteiger partial charge is 0.225 e. The van der Waals surface area contributed by atoms with Gasteiger partial charge in [0, 0.05) is 30.3 Å². The molecule has 2 heterocycles. The number of carbonyl (C=O) groups is 1. The summed E-state index contributed by atoms with van der Waals surface area (Å²) in [6.45, 7) is 0. The van der Waals surface area contributed by atoms with E-state index in [1.54, 1.807) is 25.6 Å². The van der Waals surface area contributed by atoms with Gasteiger partial charge in [0.05, 0.1) is 7.11 Å². The molecule has 0 saturated carbocycles. The molecule has 1 amide bonds. The monoisotopic (exact) mass is 305 g/mol. The van der Waals surface area contributed by atoms with Crippen LogP contribution in [-0.4, -0.2) is 28.9 Å².